The van der Waals surface area contributed by atoms with Crippen LogP contribution in [0, 0.1) is 23.3 Å². The van der Waals surface area contributed by atoms with E-state index in [0.717, 1.165) is 57.1 Å². The molecule has 0 amide bonds. The Morgan fingerprint density at radius 2 is 1.37 bits per heavy atom. The summed E-state index contributed by atoms with van der Waals surface area (Å²) in [5.41, 5.74) is 6.11. The molecule has 4 N–H and O–H groups in total. The minimum atomic E-state index is -0.907. The fraction of sp³-hybridized carbons (Fsp3) is 0.400. The van der Waals surface area contributed by atoms with Gasteiger partial charge in [0.15, 0.2) is 23.3 Å². The number of nitrogens with one attached hydrogen (secondary N) is 2. The fourth-order valence-electron chi connectivity index (χ4n) is 2.38. The van der Waals surface area contributed by atoms with Crippen LogP contribution in [0.25, 0.3) is 0 Å². The Hall–Kier alpha value is -1.74. The molecule has 2 aromatic rings. The molecule has 10 heteroatoms. The molecule has 0 aliphatic carbocycles. The lowest BCUT2D eigenvalue weighted by molar-refractivity contribution is 0.507. The molecule has 0 radical (unpaired) electrons. The van der Waals surface area contributed by atoms with Gasteiger partial charge in [-0.2, -0.15) is 0 Å². The second-order valence-corrected chi connectivity index (χ2v) is 6.89. The molecule has 30 heavy (non-hydrogen) atoms. The summed E-state index contributed by atoms with van der Waals surface area (Å²) in [4.78, 5) is 2.04. The molecule has 1 aliphatic rings. The van der Waals surface area contributed by atoms with Gasteiger partial charge in [0.25, 0.3) is 0 Å². The van der Waals surface area contributed by atoms with E-state index in [1.165, 1.54) is 18.2 Å². The molecule has 0 spiro atoms. The van der Waals surface area contributed by atoms with Gasteiger partial charge in [0.05, 0.1) is 0 Å². The van der Waals surface area contributed by atoms with Crippen LogP contribution >= 0.6 is 23.2 Å². The largest absolute Gasteiger partial charge is 0.399 e. The van der Waals surface area contributed by atoms with Crippen molar-refractivity contribution >= 4 is 34.6 Å². The zero-order valence-corrected chi connectivity index (χ0v) is 17.9. The van der Waals surface area contributed by atoms with Crippen molar-refractivity contribution in [1.29, 1.82) is 0 Å². The SMILES string of the molecule is ClCCNCCCl.Fc1ccc(N2CCNCC2)cc1F.Nc1ccc(F)c(F)c1. The van der Waals surface area contributed by atoms with Crippen molar-refractivity contribution in [3.63, 3.8) is 0 Å². The van der Waals surface area contributed by atoms with Crippen LogP contribution in [-0.2, 0) is 0 Å². The van der Waals surface area contributed by atoms with Gasteiger partial charge < -0.3 is 21.3 Å². The maximum atomic E-state index is 12.9. The first-order valence-corrected chi connectivity index (χ1v) is 10.4. The number of halogens is 6. The second-order valence-electron chi connectivity index (χ2n) is 6.14. The number of nitrogens with zero attached hydrogens (tertiary/aromatic N) is 1. The molecule has 0 unspecified atom stereocenters. The highest BCUT2D eigenvalue weighted by Gasteiger charge is 2.12. The Bertz CT molecular complexity index is 743. The molecule has 4 nitrogen and oxygen atoms in total. The number of hydrogen-bond acceptors (Lipinski definition) is 4. The Morgan fingerprint density at radius 3 is 1.83 bits per heavy atom. The summed E-state index contributed by atoms with van der Waals surface area (Å²) < 4.78 is 49.8. The molecule has 2 aromatic carbocycles. The molecule has 168 valence electrons. The van der Waals surface area contributed by atoms with Gasteiger partial charge in [-0.3, -0.25) is 0 Å². The topological polar surface area (TPSA) is 53.3 Å². The minimum absolute atomic E-state index is 0.230. The molecule has 0 atom stereocenters. The van der Waals surface area contributed by atoms with E-state index in [-0.39, 0.29) is 5.69 Å². The van der Waals surface area contributed by atoms with E-state index in [1.807, 2.05) is 4.90 Å². The number of nitrogen functional groups attached to an aromatic ring is 1. The number of hydrogen-bond donors (Lipinski definition) is 3. The summed E-state index contributed by atoms with van der Waals surface area (Å²) >= 11 is 10.7. The highest BCUT2D eigenvalue weighted by atomic mass is 35.5. The average molecular weight is 469 g/mol. The van der Waals surface area contributed by atoms with E-state index in [9.17, 15) is 17.6 Å². The smallest absolute Gasteiger partial charge is 0.160 e. The summed E-state index contributed by atoms with van der Waals surface area (Å²) in [6, 6.07) is 7.27. The van der Waals surface area contributed by atoms with Crippen molar-refractivity contribution in [2.24, 2.45) is 0 Å². The minimum Gasteiger partial charge on any atom is -0.399 e. The third-order valence-corrected chi connectivity index (χ3v) is 4.25. The highest BCUT2D eigenvalue weighted by molar-refractivity contribution is 6.18. The van der Waals surface area contributed by atoms with Crippen LogP contribution in [0.5, 0.6) is 0 Å². The predicted octanol–water partition coefficient (Wildman–Crippen LogP) is 3.98. The van der Waals surface area contributed by atoms with Gasteiger partial charge in [0, 0.05) is 68.5 Å². The van der Waals surface area contributed by atoms with Crippen molar-refractivity contribution in [3.05, 3.63) is 59.7 Å². The summed E-state index contributed by atoms with van der Waals surface area (Å²) in [7, 11) is 0. The van der Waals surface area contributed by atoms with Crippen LogP contribution in [0.1, 0.15) is 0 Å². The average Bonchev–Trinajstić information content (AvgIpc) is 2.75. The van der Waals surface area contributed by atoms with Gasteiger partial charge in [-0.15, -0.1) is 23.2 Å². The zero-order valence-electron chi connectivity index (χ0n) is 16.4. The molecular weight excluding hydrogens is 443 g/mol. The maximum absolute atomic E-state index is 12.9. The van der Waals surface area contributed by atoms with Gasteiger partial charge in [0.2, 0.25) is 0 Å². The third-order valence-electron chi connectivity index (χ3n) is 3.87. The van der Waals surface area contributed by atoms with Gasteiger partial charge in [-0.1, -0.05) is 0 Å². The van der Waals surface area contributed by atoms with Crippen LogP contribution in [0.3, 0.4) is 0 Å². The number of nitrogens with two attached hydrogens (primary N) is 1. The molecule has 0 bridgehead atoms. The van der Waals surface area contributed by atoms with Crippen LogP contribution in [0.2, 0.25) is 0 Å². The molecule has 1 aliphatic heterocycles. The molecule has 3 rings (SSSR count). The number of alkyl halides is 2. The van der Waals surface area contributed by atoms with Gasteiger partial charge in [0.1, 0.15) is 0 Å². The lowest BCUT2D eigenvalue weighted by atomic mass is 10.2. The van der Waals surface area contributed by atoms with E-state index in [4.69, 9.17) is 28.9 Å². The molecular formula is C20H26Cl2F4N4. The van der Waals surface area contributed by atoms with Crippen molar-refractivity contribution in [3.8, 4) is 0 Å². The molecule has 1 heterocycles. The van der Waals surface area contributed by atoms with E-state index >= 15 is 0 Å². The van der Waals surface area contributed by atoms with Crippen LogP contribution in [-0.4, -0.2) is 51.0 Å². The highest BCUT2D eigenvalue weighted by Crippen LogP contribution is 2.18. The lowest BCUT2D eigenvalue weighted by Crippen LogP contribution is -2.43. The third kappa shape index (κ3) is 10.3. The van der Waals surface area contributed by atoms with E-state index in [1.54, 1.807) is 6.07 Å². The van der Waals surface area contributed by atoms with Crippen LogP contribution in [0.15, 0.2) is 36.4 Å². The Morgan fingerprint density at radius 1 is 0.833 bits per heavy atom. The first-order valence-electron chi connectivity index (χ1n) is 9.33. The van der Waals surface area contributed by atoms with Crippen molar-refractivity contribution in [2.45, 2.75) is 0 Å². The molecule has 1 fully saturated rings. The van der Waals surface area contributed by atoms with Gasteiger partial charge in [-0.05, 0) is 30.3 Å². The van der Waals surface area contributed by atoms with Gasteiger partial charge in [-0.25, -0.2) is 17.6 Å². The number of anilines is 2. The van der Waals surface area contributed by atoms with E-state index in [2.05, 4.69) is 10.6 Å². The first kappa shape index (κ1) is 26.3. The molecule has 0 saturated carbocycles. The maximum Gasteiger partial charge on any atom is 0.160 e. The van der Waals surface area contributed by atoms with E-state index < -0.39 is 23.3 Å². The number of rotatable bonds is 5. The Labute approximate surface area is 184 Å². The van der Waals surface area contributed by atoms with Crippen molar-refractivity contribution in [1.82, 2.24) is 10.6 Å². The standard InChI is InChI=1S/C10H12F2N2.C6H5F2N.C4H9Cl2N/c11-9-2-1-8(7-10(9)12)14-5-3-13-4-6-14;7-5-2-1-4(9)3-6(5)8;5-1-3-7-4-2-6/h1-2,7,13H,3-6H2;1-3H,9H2;7H,1-4H2. The van der Waals surface area contributed by atoms with Gasteiger partial charge >= 0.3 is 0 Å². The normalized spacial score (nSPS) is 13.1. The lowest BCUT2D eigenvalue weighted by Gasteiger charge is -2.29. The fourth-order valence-corrected chi connectivity index (χ4v) is 2.64. The van der Waals surface area contributed by atoms with E-state index in [0.29, 0.717) is 11.8 Å². The number of benzene rings is 2. The summed E-state index contributed by atoms with van der Waals surface area (Å²) in [5, 5.41) is 6.22. The quantitative estimate of drug-likeness (QED) is 0.269. The molecule has 1 saturated heterocycles. The summed E-state index contributed by atoms with van der Waals surface area (Å²) in [6.07, 6.45) is 0. The second kappa shape index (κ2) is 15.1. The van der Waals surface area contributed by atoms with Crippen LogP contribution in [0.4, 0.5) is 28.9 Å². The number of piperazine rings is 1. The monoisotopic (exact) mass is 468 g/mol. The van der Waals surface area contributed by atoms with Crippen LogP contribution < -0.4 is 21.3 Å². The molecule has 0 aromatic heterocycles. The van der Waals surface area contributed by atoms with Crippen molar-refractivity contribution < 1.29 is 17.6 Å². The first-order chi connectivity index (χ1) is 14.4. The predicted molar refractivity (Wildman–Crippen MR) is 117 cm³/mol. The summed E-state index contributed by atoms with van der Waals surface area (Å²) in [6.45, 7) is 5.16. The Balaban J connectivity index is 0.000000244. The summed E-state index contributed by atoms with van der Waals surface area (Å²) in [5.74, 6) is -2.02. The zero-order chi connectivity index (χ0) is 22.4. The Kier molecular flexibility index (Phi) is 13.3. The van der Waals surface area contributed by atoms with Crippen molar-refractivity contribution in [2.75, 3.05) is 61.7 Å².